The van der Waals surface area contributed by atoms with Crippen LogP contribution in [0.25, 0.3) is 16.9 Å². The van der Waals surface area contributed by atoms with Crippen LogP contribution >= 0.6 is 0 Å². The zero-order valence-electron chi connectivity index (χ0n) is 21.1. The predicted octanol–water partition coefficient (Wildman–Crippen LogP) is 2.38. The van der Waals surface area contributed by atoms with Gasteiger partial charge < -0.3 is 15.1 Å². The number of likely N-dealkylation sites (N-methyl/N-ethyl adjacent to an activating group) is 1. The third-order valence-electron chi connectivity index (χ3n) is 6.37. The molecule has 1 aliphatic rings. The summed E-state index contributed by atoms with van der Waals surface area (Å²) in [5, 5.41) is 7.11. The summed E-state index contributed by atoms with van der Waals surface area (Å²) >= 11 is 0. The summed E-state index contributed by atoms with van der Waals surface area (Å²) in [5.41, 5.74) is 0.507. The first-order valence-corrected chi connectivity index (χ1v) is 12.2. The Labute approximate surface area is 220 Å². The molecule has 39 heavy (non-hydrogen) atoms. The van der Waals surface area contributed by atoms with Gasteiger partial charge in [0, 0.05) is 49.8 Å². The molecule has 0 amide bonds. The van der Waals surface area contributed by atoms with Crippen LogP contribution in [0.15, 0.2) is 64.8 Å². The molecule has 0 unspecified atom stereocenters. The van der Waals surface area contributed by atoms with Crippen molar-refractivity contribution in [3.8, 4) is 5.82 Å². The maximum absolute atomic E-state index is 13.1. The Morgan fingerprint density at radius 3 is 2.44 bits per heavy atom. The van der Waals surface area contributed by atoms with Crippen LogP contribution in [0.1, 0.15) is 0 Å². The number of benzene rings is 1. The Bertz CT molecular complexity index is 1620. The Morgan fingerprint density at radius 1 is 1.05 bits per heavy atom. The lowest BCUT2D eigenvalue weighted by Gasteiger charge is -2.34. The summed E-state index contributed by atoms with van der Waals surface area (Å²) in [4.78, 5) is 38.4. The van der Waals surface area contributed by atoms with Gasteiger partial charge in [-0.2, -0.15) is 18.2 Å². The van der Waals surface area contributed by atoms with Crippen LogP contribution in [-0.2, 0) is 13.1 Å². The molecule has 0 aliphatic carbocycles. The van der Waals surface area contributed by atoms with Gasteiger partial charge in [-0.3, -0.25) is 9.59 Å². The smallest absolute Gasteiger partial charge is 0.369 e. The van der Waals surface area contributed by atoms with Gasteiger partial charge in [0.25, 0.3) is 11.1 Å². The third-order valence-corrected chi connectivity index (χ3v) is 6.37. The second-order valence-corrected chi connectivity index (χ2v) is 9.18. The number of allylic oxidation sites excluding steroid dienone is 1. The van der Waals surface area contributed by atoms with E-state index in [0.29, 0.717) is 10.4 Å². The average Bonchev–Trinajstić information content (AvgIpc) is 3.16. The molecule has 1 aliphatic heterocycles. The van der Waals surface area contributed by atoms with Crippen LogP contribution in [0, 0.1) is 0 Å². The lowest BCUT2D eigenvalue weighted by atomic mass is 10.2. The van der Waals surface area contributed by atoms with E-state index >= 15 is 0 Å². The highest BCUT2D eigenvalue weighted by Crippen LogP contribution is 2.22. The minimum absolute atomic E-state index is 0.0196. The van der Waals surface area contributed by atoms with E-state index in [4.69, 9.17) is 0 Å². The van der Waals surface area contributed by atoms with E-state index in [1.165, 1.54) is 27.7 Å². The monoisotopic (exact) mass is 541 g/mol. The number of hydrogen-bond acceptors (Lipinski definition) is 8. The molecule has 0 atom stereocenters. The number of hydrogen-bond donors (Lipinski definition) is 1. The molecular weight excluding hydrogens is 515 g/mol. The van der Waals surface area contributed by atoms with Crippen LogP contribution in [0.5, 0.6) is 0 Å². The fraction of sp³-hybridized carbons (Fsp3) is 0.320. The molecule has 5 rings (SSSR count). The van der Waals surface area contributed by atoms with Crippen molar-refractivity contribution in [3.05, 3.63) is 76.0 Å². The van der Waals surface area contributed by atoms with E-state index in [-0.39, 0.29) is 29.3 Å². The zero-order valence-corrected chi connectivity index (χ0v) is 21.1. The minimum atomic E-state index is -4.66. The molecular formula is C25H26F3N9O2. The lowest BCUT2D eigenvalue weighted by Crippen LogP contribution is -2.44. The lowest BCUT2D eigenvalue weighted by molar-refractivity contribution is -0.143. The van der Waals surface area contributed by atoms with Gasteiger partial charge in [-0.25, -0.2) is 19.0 Å². The van der Waals surface area contributed by atoms with Gasteiger partial charge in [0.15, 0.2) is 11.5 Å². The number of aromatic nitrogens is 6. The van der Waals surface area contributed by atoms with Crippen LogP contribution in [-0.4, -0.2) is 73.4 Å². The number of rotatable bonds is 7. The van der Waals surface area contributed by atoms with Crippen molar-refractivity contribution in [1.29, 1.82) is 0 Å². The molecule has 0 saturated carbocycles. The summed E-state index contributed by atoms with van der Waals surface area (Å²) in [6.45, 7) is 5.95. The quantitative estimate of drug-likeness (QED) is 0.356. The standard InChI is InChI=1S/C25H26F3N9O2/c1-3-10-36-23(39)19-15-29-24(30-17-4-6-18(7-5-17)34-13-11-33(2)12-14-34)31-22(19)37(36)20-8-9-21(38)35(32-20)16-25(26,27)28/h3-9,15H,1,10-14,16H2,2H3,(H,29,30,31). The van der Waals surface area contributed by atoms with Gasteiger partial charge in [-0.05, 0) is 37.4 Å². The highest BCUT2D eigenvalue weighted by atomic mass is 19.4. The van der Waals surface area contributed by atoms with Crippen LogP contribution < -0.4 is 21.3 Å². The average molecular weight is 542 g/mol. The molecule has 3 aromatic heterocycles. The second-order valence-electron chi connectivity index (χ2n) is 9.18. The largest absolute Gasteiger partial charge is 0.408 e. The van der Waals surface area contributed by atoms with Crippen molar-refractivity contribution in [1.82, 2.24) is 34.0 Å². The van der Waals surface area contributed by atoms with Crippen molar-refractivity contribution in [2.24, 2.45) is 0 Å². The fourth-order valence-corrected chi connectivity index (χ4v) is 4.39. The molecule has 14 heteroatoms. The van der Waals surface area contributed by atoms with Crippen molar-refractivity contribution in [2.45, 2.75) is 19.3 Å². The molecule has 4 heterocycles. The number of piperazine rings is 1. The molecule has 1 fully saturated rings. The van der Waals surface area contributed by atoms with Gasteiger partial charge in [-0.1, -0.05) is 6.08 Å². The predicted molar refractivity (Wildman–Crippen MR) is 141 cm³/mol. The summed E-state index contributed by atoms with van der Waals surface area (Å²) < 4.78 is 41.8. The van der Waals surface area contributed by atoms with E-state index in [1.54, 1.807) is 0 Å². The van der Waals surface area contributed by atoms with Gasteiger partial charge in [-0.15, -0.1) is 11.7 Å². The number of fused-ring (bicyclic) bond motifs is 1. The maximum atomic E-state index is 13.1. The van der Waals surface area contributed by atoms with E-state index in [2.05, 4.69) is 43.8 Å². The first kappa shape index (κ1) is 26.2. The van der Waals surface area contributed by atoms with Crippen molar-refractivity contribution in [3.63, 3.8) is 0 Å². The minimum Gasteiger partial charge on any atom is -0.369 e. The number of anilines is 3. The number of nitrogens with zero attached hydrogens (tertiary/aromatic N) is 8. The summed E-state index contributed by atoms with van der Waals surface area (Å²) in [5.74, 6) is 0.0805. The molecule has 204 valence electrons. The van der Waals surface area contributed by atoms with E-state index in [0.717, 1.165) is 37.9 Å². The van der Waals surface area contributed by atoms with Crippen molar-refractivity contribution in [2.75, 3.05) is 43.4 Å². The Kier molecular flexibility index (Phi) is 6.95. The third kappa shape index (κ3) is 5.55. The first-order valence-electron chi connectivity index (χ1n) is 12.2. The number of nitrogens with one attached hydrogen (secondary N) is 1. The topological polar surface area (TPSA) is 106 Å². The van der Waals surface area contributed by atoms with Gasteiger partial charge >= 0.3 is 6.18 Å². The molecule has 1 aromatic carbocycles. The van der Waals surface area contributed by atoms with Crippen molar-refractivity contribution < 1.29 is 13.2 Å². The molecule has 11 nitrogen and oxygen atoms in total. The SMILES string of the molecule is C=CCn1c(=O)c2cnc(Nc3ccc(N4CCN(C)CC4)cc3)nc2n1-c1ccc(=O)n(CC(F)(F)F)n1. The zero-order chi connectivity index (χ0) is 27.7. The Morgan fingerprint density at radius 2 is 1.77 bits per heavy atom. The molecule has 0 bridgehead atoms. The molecule has 1 saturated heterocycles. The first-order chi connectivity index (χ1) is 18.6. The van der Waals surface area contributed by atoms with E-state index in [9.17, 15) is 22.8 Å². The van der Waals surface area contributed by atoms with Crippen LogP contribution in [0.4, 0.5) is 30.5 Å². The van der Waals surface area contributed by atoms with Crippen LogP contribution in [0.3, 0.4) is 0 Å². The Hall–Kier alpha value is -4.46. The number of halogens is 3. The van der Waals surface area contributed by atoms with Gasteiger partial charge in [0.1, 0.15) is 11.9 Å². The fourth-order valence-electron chi connectivity index (χ4n) is 4.39. The van der Waals surface area contributed by atoms with E-state index in [1.807, 2.05) is 24.3 Å². The van der Waals surface area contributed by atoms with Gasteiger partial charge in [0.2, 0.25) is 5.95 Å². The Balaban J connectivity index is 1.50. The normalized spacial score (nSPS) is 14.6. The summed E-state index contributed by atoms with van der Waals surface area (Å²) in [6, 6.07) is 9.98. The number of alkyl halides is 3. The summed E-state index contributed by atoms with van der Waals surface area (Å²) in [6.07, 6.45) is -1.86. The van der Waals surface area contributed by atoms with E-state index < -0.39 is 23.8 Å². The summed E-state index contributed by atoms with van der Waals surface area (Å²) in [7, 11) is 2.10. The van der Waals surface area contributed by atoms with Crippen molar-refractivity contribution >= 4 is 28.4 Å². The highest BCUT2D eigenvalue weighted by Gasteiger charge is 2.29. The maximum Gasteiger partial charge on any atom is 0.408 e. The highest BCUT2D eigenvalue weighted by molar-refractivity contribution is 5.77. The molecule has 0 spiro atoms. The molecule has 0 radical (unpaired) electrons. The van der Waals surface area contributed by atoms with Crippen LogP contribution in [0.2, 0.25) is 0 Å². The second kappa shape index (κ2) is 10.4. The molecule has 4 aromatic rings. The molecule has 1 N–H and O–H groups in total. The van der Waals surface area contributed by atoms with Gasteiger partial charge in [0.05, 0.1) is 6.54 Å².